The second-order valence-electron chi connectivity index (χ2n) is 9.31. The molecule has 3 aromatic rings. The maximum atomic E-state index is 13.3. The van der Waals surface area contributed by atoms with Crippen LogP contribution in [0.2, 0.25) is 5.02 Å². The van der Waals surface area contributed by atoms with E-state index in [0.717, 1.165) is 35.3 Å². The molecule has 1 amide bonds. The third-order valence-electron chi connectivity index (χ3n) is 7.03. The molecular weight excluding hydrogens is 496 g/mol. The van der Waals surface area contributed by atoms with E-state index in [1.807, 2.05) is 44.2 Å². The van der Waals surface area contributed by atoms with Crippen molar-refractivity contribution in [3.05, 3.63) is 87.9 Å². The molecule has 0 fully saturated rings. The number of carbonyl (C=O) groups is 1. The Morgan fingerprint density at radius 2 is 1.75 bits per heavy atom. The zero-order valence-corrected chi connectivity index (χ0v) is 22.5. The van der Waals surface area contributed by atoms with Crippen molar-refractivity contribution in [3.63, 3.8) is 0 Å². The van der Waals surface area contributed by atoms with E-state index in [-0.39, 0.29) is 33.0 Å². The number of benzene rings is 3. The van der Waals surface area contributed by atoms with Crippen LogP contribution in [-0.2, 0) is 10.0 Å². The topological polar surface area (TPSA) is 84.5 Å². The van der Waals surface area contributed by atoms with Gasteiger partial charge in [-0.15, -0.1) is 0 Å². The third-order valence-corrected chi connectivity index (χ3v) is 8.90. The number of nitrogens with one attached hydrogen (secondary N) is 2. The summed E-state index contributed by atoms with van der Waals surface area (Å²) in [6.07, 6.45) is 2.23. The monoisotopic (exact) mass is 526 g/mol. The van der Waals surface area contributed by atoms with Crippen molar-refractivity contribution in [2.75, 3.05) is 4.72 Å². The molecule has 2 N–H and O–H groups in total. The Bertz CT molecular complexity index is 1400. The van der Waals surface area contributed by atoms with Crippen molar-refractivity contribution in [1.29, 1.82) is 0 Å². The summed E-state index contributed by atoms with van der Waals surface area (Å²) in [7, 11) is -4.02. The summed E-state index contributed by atoms with van der Waals surface area (Å²) in [5.74, 6) is 0.381. The second kappa shape index (κ2) is 10.1. The fraction of sp³-hybridized carbons (Fsp3) is 0.321. The Labute approximate surface area is 218 Å². The van der Waals surface area contributed by atoms with Crippen LogP contribution in [0.15, 0.2) is 65.6 Å². The van der Waals surface area contributed by atoms with Crippen molar-refractivity contribution in [3.8, 4) is 5.75 Å². The number of rotatable bonds is 7. The van der Waals surface area contributed by atoms with Crippen LogP contribution in [0, 0.1) is 13.8 Å². The lowest BCUT2D eigenvalue weighted by Gasteiger charge is -2.41. The van der Waals surface area contributed by atoms with E-state index in [2.05, 4.69) is 23.9 Å². The molecule has 0 radical (unpaired) electrons. The Hall–Kier alpha value is -3.03. The number of fused-ring (bicyclic) bond motifs is 1. The van der Waals surface area contributed by atoms with E-state index in [0.29, 0.717) is 12.1 Å². The molecule has 0 spiro atoms. The van der Waals surface area contributed by atoms with Crippen molar-refractivity contribution in [2.45, 2.75) is 63.5 Å². The van der Waals surface area contributed by atoms with E-state index in [4.69, 9.17) is 16.3 Å². The van der Waals surface area contributed by atoms with Gasteiger partial charge in [0.15, 0.2) is 0 Å². The molecule has 1 aliphatic heterocycles. The summed E-state index contributed by atoms with van der Waals surface area (Å²) >= 11 is 6.27. The standard InChI is InChI=1S/C28H31ClN2O4S/c1-5-28(6-2)17-24(22-9-7-8-10-25(22)35-28)30-27(32)20-12-14-23(29)26(16-20)36(33,34)31-21-13-11-18(3)19(4)15-21/h7-16,24,31H,5-6,17H2,1-4H3,(H,30,32). The zero-order chi connectivity index (χ0) is 26.1. The lowest BCUT2D eigenvalue weighted by atomic mass is 9.83. The second-order valence-corrected chi connectivity index (χ2v) is 11.4. The first-order valence-electron chi connectivity index (χ1n) is 12.1. The molecule has 0 aliphatic carbocycles. The number of ether oxygens (including phenoxy) is 1. The van der Waals surface area contributed by atoms with Gasteiger partial charge in [0.05, 0.1) is 11.1 Å². The van der Waals surface area contributed by atoms with Gasteiger partial charge in [0.2, 0.25) is 0 Å². The molecule has 36 heavy (non-hydrogen) atoms. The quantitative estimate of drug-likeness (QED) is 0.364. The molecule has 6 nitrogen and oxygen atoms in total. The van der Waals surface area contributed by atoms with E-state index < -0.39 is 10.0 Å². The number of hydrogen-bond donors (Lipinski definition) is 2. The molecule has 1 unspecified atom stereocenters. The van der Waals surface area contributed by atoms with Crippen LogP contribution in [0.4, 0.5) is 5.69 Å². The average molecular weight is 527 g/mol. The molecule has 3 aromatic carbocycles. The van der Waals surface area contributed by atoms with Gasteiger partial charge in [-0.1, -0.05) is 49.7 Å². The average Bonchev–Trinajstić information content (AvgIpc) is 2.86. The van der Waals surface area contributed by atoms with Gasteiger partial charge in [0, 0.05) is 23.2 Å². The van der Waals surface area contributed by atoms with Crippen molar-refractivity contribution >= 4 is 33.2 Å². The summed E-state index contributed by atoms with van der Waals surface area (Å²) in [6.45, 7) is 8.02. The van der Waals surface area contributed by atoms with Gasteiger partial charge >= 0.3 is 0 Å². The molecule has 190 valence electrons. The molecule has 1 heterocycles. The number of halogens is 1. The number of sulfonamides is 1. The van der Waals surface area contributed by atoms with Crippen LogP contribution in [0.25, 0.3) is 0 Å². The lowest BCUT2D eigenvalue weighted by Crippen LogP contribution is -2.44. The SMILES string of the molecule is CCC1(CC)CC(NC(=O)c2ccc(Cl)c(S(=O)(=O)Nc3ccc(C)c(C)c3)c2)c2ccccc2O1. The first-order valence-corrected chi connectivity index (χ1v) is 13.9. The number of para-hydroxylation sites is 1. The van der Waals surface area contributed by atoms with Crippen LogP contribution in [0.3, 0.4) is 0 Å². The Kier molecular flexibility index (Phi) is 7.34. The Balaban J connectivity index is 1.61. The van der Waals surface area contributed by atoms with Crippen molar-refractivity contribution in [2.24, 2.45) is 0 Å². The molecule has 1 aliphatic rings. The maximum Gasteiger partial charge on any atom is 0.263 e. The minimum atomic E-state index is -4.02. The van der Waals surface area contributed by atoms with Gasteiger partial charge in [-0.05, 0) is 74.2 Å². The summed E-state index contributed by atoms with van der Waals surface area (Å²) in [4.78, 5) is 13.2. The van der Waals surface area contributed by atoms with E-state index in [1.54, 1.807) is 12.1 Å². The highest BCUT2D eigenvalue weighted by Crippen LogP contribution is 2.42. The lowest BCUT2D eigenvalue weighted by molar-refractivity contribution is 0.0227. The van der Waals surface area contributed by atoms with Crippen LogP contribution >= 0.6 is 11.6 Å². The number of carbonyl (C=O) groups excluding carboxylic acids is 1. The largest absolute Gasteiger partial charge is 0.487 e. The summed E-state index contributed by atoms with van der Waals surface area (Å²) in [5.41, 5.74) is 3.18. The van der Waals surface area contributed by atoms with Gasteiger partial charge in [0.1, 0.15) is 16.2 Å². The normalized spacial score (nSPS) is 16.5. The van der Waals surface area contributed by atoms with Crippen LogP contribution in [0.1, 0.15) is 66.2 Å². The highest BCUT2D eigenvalue weighted by molar-refractivity contribution is 7.92. The molecule has 1 atom stereocenters. The van der Waals surface area contributed by atoms with Gasteiger partial charge in [0.25, 0.3) is 15.9 Å². The first kappa shape index (κ1) is 26.0. The number of anilines is 1. The smallest absolute Gasteiger partial charge is 0.263 e. The van der Waals surface area contributed by atoms with Crippen LogP contribution < -0.4 is 14.8 Å². The number of hydrogen-bond acceptors (Lipinski definition) is 4. The first-order chi connectivity index (χ1) is 17.1. The highest BCUT2D eigenvalue weighted by atomic mass is 35.5. The summed E-state index contributed by atoms with van der Waals surface area (Å²) < 4.78 is 35.2. The van der Waals surface area contributed by atoms with Gasteiger partial charge in [-0.3, -0.25) is 9.52 Å². The molecule has 0 aromatic heterocycles. The minimum absolute atomic E-state index is 0.0373. The van der Waals surface area contributed by atoms with Crippen molar-refractivity contribution in [1.82, 2.24) is 5.32 Å². The predicted octanol–water partition coefficient (Wildman–Crippen LogP) is 6.57. The maximum absolute atomic E-state index is 13.3. The van der Waals surface area contributed by atoms with E-state index in [1.165, 1.54) is 18.2 Å². The van der Waals surface area contributed by atoms with Crippen LogP contribution in [-0.4, -0.2) is 19.9 Å². The van der Waals surface area contributed by atoms with E-state index >= 15 is 0 Å². The van der Waals surface area contributed by atoms with Gasteiger partial charge in [-0.2, -0.15) is 0 Å². The minimum Gasteiger partial charge on any atom is -0.487 e. The molecule has 0 saturated heterocycles. The Morgan fingerprint density at radius 1 is 1.03 bits per heavy atom. The molecule has 4 rings (SSSR count). The molecule has 0 saturated carbocycles. The van der Waals surface area contributed by atoms with E-state index in [9.17, 15) is 13.2 Å². The Morgan fingerprint density at radius 3 is 2.44 bits per heavy atom. The van der Waals surface area contributed by atoms with Gasteiger partial charge < -0.3 is 10.1 Å². The summed E-state index contributed by atoms with van der Waals surface area (Å²) in [6, 6.07) is 17.0. The van der Waals surface area contributed by atoms with Gasteiger partial charge in [-0.25, -0.2) is 8.42 Å². The van der Waals surface area contributed by atoms with Crippen LogP contribution in [0.5, 0.6) is 5.75 Å². The third kappa shape index (κ3) is 5.22. The molecule has 0 bridgehead atoms. The number of amides is 1. The fourth-order valence-electron chi connectivity index (χ4n) is 4.54. The molecular formula is C28H31ClN2O4S. The zero-order valence-electron chi connectivity index (χ0n) is 20.9. The highest BCUT2D eigenvalue weighted by Gasteiger charge is 2.39. The predicted molar refractivity (Wildman–Crippen MR) is 143 cm³/mol. The number of aryl methyl sites for hydroxylation is 2. The fourth-order valence-corrected chi connectivity index (χ4v) is 6.11. The summed E-state index contributed by atoms with van der Waals surface area (Å²) in [5, 5.41) is 3.14. The molecule has 8 heteroatoms. The van der Waals surface area contributed by atoms with Crippen molar-refractivity contribution < 1.29 is 17.9 Å².